The van der Waals surface area contributed by atoms with Gasteiger partial charge >= 0.3 is 0 Å². The lowest BCUT2D eigenvalue weighted by molar-refractivity contribution is -0.455. The Morgan fingerprint density at radius 3 is 2.13 bits per heavy atom. The molecule has 7 rings (SSSR count). The van der Waals surface area contributed by atoms with Crippen LogP contribution in [0.15, 0.2) is 131 Å². The molecule has 5 nitrogen and oxygen atoms in total. The predicted octanol–water partition coefficient (Wildman–Crippen LogP) is 9.27. The predicted molar refractivity (Wildman–Crippen MR) is 215 cm³/mol. The molecule has 2 aliphatic heterocycles. The number of ketones is 1. The van der Waals surface area contributed by atoms with Crippen LogP contribution in [0, 0.1) is 13.8 Å². The number of ether oxygens (including phenoxy) is 1. The van der Waals surface area contributed by atoms with Crippen molar-refractivity contribution in [1.29, 1.82) is 0 Å². The van der Waals surface area contributed by atoms with Gasteiger partial charge in [-0.15, -0.1) is 11.8 Å². The molecule has 0 fully saturated rings. The van der Waals surface area contributed by atoms with Crippen molar-refractivity contribution < 1.29 is 19.2 Å². The van der Waals surface area contributed by atoms with E-state index in [0.29, 0.717) is 19.8 Å². The van der Waals surface area contributed by atoms with Crippen molar-refractivity contribution in [3.63, 3.8) is 0 Å². The first-order chi connectivity index (χ1) is 25.0. The Kier molecular flexibility index (Phi) is 10.0. The fourth-order valence-corrected chi connectivity index (χ4v) is 8.97. The second kappa shape index (κ2) is 14.5. The molecule has 0 amide bonds. The molecule has 4 aromatic carbocycles. The number of Topliss-reactive ketones (excluding diaryl/α,β-unsaturated/α-hetero) is 1. The highest BCUT2D eigenvalue weighted by Crippen LogP contribution is 2.51. The Hall–Kier alpha value is -4.49. The van der Waals surface area contributed by atoms with Gasteiger partial charge in [0.1, 0.15) is 0 Å². The number of aliphatic hydroxyl groups excluding tert-OH is 1. The van der Waals surface area contributed by atoms with E-state index < -0.39 is 0 Å². The highest BCUT2D eigenvalue weighted by atomic mass is 32.2. The van der Waals surface area contributed by atoms with E-state index in [1.165, 1.54) is 39.1 Å². The number of anilines is 1. The number of thioether (sulfide) groups is 1. The molecule has 0 unspecified atom stereocenters. The number of aliphatic hydroxyl groups is 1. The Labute approximate surface area is 313 Å². The monoisotopic (exact) mass is 709 g/mol. The van der Waals surface area contributed by atoms with E-state index in [0.717, 1.165) is 45.4 Å². The molecule has 52 heavy (non-hydrogen) atoms. The highest BCUT2D eigenvalue weighted by molar-refractivity contribution is 8.02. The van der Waals surface area contributed by atoms with Crippen LogP contribution in [0.1, 0.15) is 61.1 Å². The molecule has 0 saturated carbocycles. The van der Waals surface area contributed by atoms with Crippen molar-refractivity contribution in [2.24, 2.45) is 0 Å². The van der Waals surface area contributed by atoms with Crippen molar-refractivity contribution >= 4 is 34.6 Å². The Balaban J connectivity index is 1.36. The van der Waals surface area contributed by atoms with E-state index in [2.05, 4.69) is 154 Å². The molecular weight excluding hydrogens is 661 g/mol. The van der Waals surface area contributed by atoms with Gasteiger partial charge in [-0.3, -0.25) is 4.79 Å². The first kappa shape index (κ1) is 35.9. The first-order valence-corrected chi connectivity index (χ1v) is 19.3. The van der Waals surface area contributed by atoms with Gasteiger partial charge in [-0.25, -0.2) is 0 Å². The van der Waals surface area contributed by atoms with Gasteiger partial charge in [0.05, 0.1) is 25.2 Å². The Bertz CT molecular complexity index is 2140. The van der Waals surface area contributed by atoms with E-state index in [-0.39, 0.29) is 23.2 Å². The molecule has 1 N–H and O–H groups in total. The number of allylic oxidation sites excluding steroid dienone is 5. The zero-order chi connectivity index (χ0) is 36.6. The molecular formula is C46H49N2O3S+. The SMILES string of the molecule is Cc1ccc2c(c1)C(C)(C)C(/C=C1/C(=O)C(/C=C3\N(CCOCCO)c4ccc(C)cc4C3(C)C)=C1SCc1ccccc1)=[N+]2Cc1ccccc1. The molecule has 3 aliphatic rings. The van der Waals surface area contributed by atoms with Crippen LogP contribution in [0.25, 0.3) is 0 Å². The summed E-state index contributed by atoms with van der Waals surface area (Å²) in [5.41, 5.74) is 12.9. The van der Waals surface area contributed by atoms with Gasteiger partial charge in [0.25, 0.3) is 0 Å². The van der Waals surface area contributed by atoms with Gasteiger partial charge in [0.15, 0.2) is 18.0 Å². The number of hydrogen-bond donors (Lipinski definition) is 1. The molecule has 266 valence electrons. The second-order valence-electron chi connectivity index (χ2n) is 15.2. The van der Waals surface area contributed by atoms with Crippen LogP contribution in [0.5, 0.6) is 0 Å². The lowest BCUT2D eigenvalue weighted by Gasteiger charge is -2.30. The lowest BCUT2D eigenvalue weighted by Crippen LogP contribution is -2.32. The topological polar surface area (TPSA) is 52.8 Å². The number of carbonyl (C=O) groups excluding carboxylic acids is 1. The molecule has 2 heterocycles. The van der Waals surface area contributed by atoms with Crippen LogP contribution >= 0.6 is 11.8 Å². The van der Waals surface area contributed by atoms with Crippen molar-refractivity contribution in [2.75, 3.05) is 31.3 Å². The third-order valence-corrected chi connectivity index (χ3v) is 11.9. The summed E-state index contributed by atoms with van der Waals surface area (Å²) >= 11 is 1.75. The number of rotatable bonds is 12. The quantitative estimate of drug-likeness (QED) is 0.0903. The summed E-state index contributed by atoms with van der Waals surface area (Å²) in [6.07, 6.45) is 4.34. The summed E-state index contributed by atoms with van der Waals surface area (Å²) in [5.74, 6) is 0.846. The third-order valence-electron chi connectivity index (χ3n) is 10.7. The molecule has 0 aromatic heterocycles. The van der Waals surface area contributed by atoms with Crippen LogP contribution in [-0.4, -0.2) is 47.5 Å². The van der Waals surface area contributed by atoms with Gasteiger partial charge < -0.3 is 14.7 Å². The number of hydrogen-bond acceptors (Lipinski definition) is 5. The molecule has 0 bridgehead atoms. The lowest BCUT2D eigenvalue weighted by atomic mass is 9.78. The number of benzene rings is 4. The number of fused-ring (bicyclic) bond motifs is 2. The van der Waals surface area contributed by atoms with Crippen LogP contribution < -0.4 is 4.90 Å². The van der Waals surface area contributed by atoms with Crippen LogP contribution in [0.2, 0.25) is 0 Å². The highest BCUT2D eigenvalue weighted by Gasteiger charge is 2.47. The second-order valence-corrected chi connectivity index (χ2v) is 16.2. The standard InChI is InChI=1S/C46H49N2O3S/c1-31-17-19-39-37(25-31)45(3,4)41(47(39)21-23-51-24-22-49)27-35-43(50)36(44(35)52-30-34-15-11-8-12-16-34)28-42-46(5,6)38-26-32(2)18-20-40(38)48(42)29-33-13-9-7-10-14-33/h7-20,25-28,49H,21-24,29-30H2,1-6H3/q+1. The maximum atomic E-state index is 14.6. The molecule has 0 radical (unpaired) electrons. The normalized spacial score (nSPS) is 18.8. The van der Waals surface area contributed by atoms with Gasteiger partial charge in [-0.2, -0.15) is 4.58 Å². The number of carbonyl (C=O) groups is 1. The van der Waals surface area contributed by atoms with E-state index in [9.17, 15) is 9.90 Å². The van der Waals surface area contributed by atoms with Crippen LogP contribution in [0.4, 0.5) is 11.4 Å². The van der Waals surface area contributed by atoms with Gasteiger partial charge in [-0.1, -0.05) is 104 Å². The molecule has 1 aliphatic carbocycles. The van der Waals surface area contributed by atoms with Crippen molar-refractivity contribution in [3.8, 4) is 0 Å². The first-order valence-electron chi connectivity index (χ1n) is 18.3. The maximum Gasteiger partial charge on any atom is 0.210 e. The molecule has 0 atom stereocenters. The Morgan fingerprint density at radius 2 is 1.44 bits per heavy atom. The smallest absolute Gasteiger partial charge is 0.210 e. The van der Waals surface area contributed by atoms with E-state index >= 15 is 0 Å². The maximum absolute atomic E-state index is 14.6. The summed E-state index contributed by atoms with van der Waals surface area (Å²) in [5, 5.41) is 9.34. The van der Waals surface area contributed by atoms with E-state index in [1.807, 2.05) is 6.07 Å². The van der Waals surface area contributed by atoms with E-state index in [1.54, 1.807) is 11.8 Å². The fourth-order valence-electron chi connectivity index (χ4n) is 7.85. The average Bonchev–Trinajstić information content (AvgIpc) is 3.46. The van der Waals surface area contributed by atoms with Crippen molar-refractivity contribution in [1.82, 2.24) is 0 Å². The number of aryl methyl sites for hydroxylation is 2. The van der Waals surface area contributed by atoms with Gasteiger partial charge in [0, 0.05) is 68.4 Å². The van der Waals surface area contributed by atoms with Crippen molar-refractivity contribution in [2.45, 2.75) is 64.7 Å². The number of nitrogens with zero attached hydrogens (tertiary/aromatic N) is 2. The summed E-state index contributed by atoms with van der Waals surface area (Å²) in [6, 6.07) is 34.4. The van der Waals surface area contributed by atoms with Gasteiger partial charge in [0.2, 0.25) is 5.69 Å². The average molecular weight is 710 g/mol. The Morgan fingerprint density at radius 1 is 0.788 bits per heavy atom. The zero-order valence-electron chi connectivity index (χ0n) is 31.2. The summed E-state index contributed by atoms with van der Waals surface area (Å²) < 4.78 is 8.16. The van der Waals surface area contributed by atoms with Crippen molar-refractivity contribution in [3.05, 3.63) is 164 Å². The summed E-state index contributed by atoms with van der Waals surface area (Å²) in [7, 11) is 0. The van der Waals surface area contributed by atoms with Gasteiger partial charge in [-0.05, 0) is 57.0 Å². The minimum absolute atomic E-state index is 0.00819. The third kappa shape index (κ3) is 6.64. The molecule has 0 spiro atoms. The summed E-state index contributed by atoms with van der Waals surface area (Å²) in [6.45, 7) is 15.5. The van der Waals surface area contributed by atoms with Crippen LogP contribution in [0.3, 0.4) is 0 Å². The molecule has 6 heteroatoms. The van der Waals surface area contributed by atoms with Crippen LogP contribution in [-0.2, 0) is 32.7 Å². The minimum atomic E-state index is -0.325. The molecule has 4 aromatic rings. The largest absolute Gasteiger partial charge is 0.394 e. The molecule has 0 saturated heterocycles. The fraction of sp³-hybridized carbons (Fsp3) is 0.304. The minimum Gasteiger partial charge on any atom is -0.394 e. The summed E-state index contributed by atoms with van der Waals surface area (Å²) in [4.78, 5) is 18.0. The van der Waals surface area contributed by atoms with E-state index in [4.69, 9.17) is 4.74 Å². The zero-order valence-corrected chi connectivity index (χ0v) is 32.0.